The molecule has 2 nitrogen and oxygen atoms in total. The van der Waals surface area contributed by atoms with Gasteiger partial charge in [0.05, 0.1) is 12.4 Å². The quantitative estimate of drug-likeness (QED) is 0.507. The van der Waals surface area contributed by atoms with Crippen LogP contribution in [0.5, 0.6) is 0 Å². The van der Waals surface area contributed by atoms with Crippen molar-refractivity contribution in [2.45, 2.75) is 6.04 Å². The first kappa shape index (κ1) is 14.5. The van der Waals surface area contributed by atoms with E-state index in [4.69, 9.17) is 0 Å². The molecule has 0 unspecified atom stereocenters. The Morgan fingerprint density at radius 2 is 1.33 bits per heavy atom. The normalized spacial score (nSPS) is 12.0. The summed E-state index contributed by atoms with van der Waals surface area (Å²) in [6.45, 7) is 0. The largest absolute Gasteiger partial charge is 0.326 e. The van der Waals surface area contributed by atoms with E-state index in [2.05, 4.69) is 88.4 Å². The lowest BCUT2D eigenvalue weighted by Crippen LogP contribution is -2.10. The van der Waals surface area contributed by atoms with Crippen LogP contribution >= 0.6 is 0 Å². The van der Waals surface area contributed by atoms with Crippen molar-refractivity contribution >= 4 is 0 Å². The third-order valence-electron chi connectivity index (χ3n) is 4.25. The first-order valence-electron chi connectivity index (χ1n) is 8.09. The van der Waals surface area contributed by atoms with E-state index in [0.29, 0.717) is 0 Å². The molecule has 3 aromatic carbocycles. The minimum atomic E-state index is 0.123. The van der Waals surface area contributed by atoms with Gasteiger partial charge in [0.2, 0.25) is 0 Å². The van der Waals surface area contributed by atoms with Crippen LogP contribution in [0.3, 0.4) is 0 Å². The molecule has 0 radical (unpaired) electrons. The van der Waals surface area contributed by atoms with Gasteiger partial charge in [0.1, 0.15) is 0 Å². The van der Waals surface area contributed by atoms with E-state index in [1.54, 1.807) is 0 Å². The van der Waals surface area contributed by atoms with Crippen molar-refractivity contribution in [1.82, 2.24) is 9.55 Å². The maximum absolute atomic E-state index is 4.24. The molecule has 4 rings (SSSR count). The van der Waals surface area contributed by atoms with Crippen LogP contribution in [0, 0.1) is 0 Å². The number of hydrogen-bond acceptors (Lipinski definition) is 1. The Hall–Kier alpha value is -3.13. The molecule has 0 N–H and O–H groups in total. The number of aromatic nitrogens is 2. The maximum atomic E-state index is 4.24. The Kier molecular flexibility index (Phi) is 3.95. The highest BCUT2D eigenvalue weighted by atomic mass is 15.0. The third kappa shape index (κ3) is 2.86. The molecule has 1 heterocycles. The van der Waals surface area contributed by atoms with Gasteiger partial charge < -0.3 is 4.57 Å². The fourth-order valence-electron chi connectivity index (χ4n) is 3.11. The molecule has 0 aliphatic carbocycles. The predicted molar refractivity (Wildman–Crippen MR) is 97.8 cm³/mol. The summed E-state index contributed by atoms with van der Waals surface area (Å²) in [4.78, 5) is 4.24. The minimum Gasteiger partial charge on any atom is -0.326 e. The summed E-state index contributed by atoms with van der Waals surface area (Å²) in [6, 6.07) is 29.9. The Labute approximate surface area is 142 Å². The number of rotatable bonds is 4. The molecular weight excluding hydrogens is 292 g/mol. The van der Waals surface area contributed by atoms with Gasteiger partial charge >= 0.3 is 0 Å². The summed E-state index contributed by atoms with van der Waals surface area (Å²) in [5.74, 6) is 0. The van der Waals surface area contributed by atoms with Gasteiger partial charge in [-0.2, -0.15) is 0 Å². The summed E-state index contributed by atoms with van der Waals surface area (Å²) >= 11 is 0. The van der Waals surface area contributed by atoms with Crippen LogP contribution in [0.4, 0.5) is 0 Å². The van der Waals surface area contributed by atoms with Gasteiger partial charge in [-0.05, 0) is 28.3 Å². The molecule has 116 valence electrons. The fraction of sp³-hybridized carbons (Fsp3) is 0.0455. The lowest BCUT2D eigenvalue weighted by molar-refractivity contribution is 0.677. The molecule has 24 heavy (non-hydrogen) atoms. The number of imidazole rings is 1. The van der Waals surface area contributed by atoms with Crippen molar-refractivity contribution in [2.24, 2.45) is 0 Å². The first-order chi connectivity index (χ1) is 11.9. The van der Waals surface area contributed by atoms with Crippen LogP contribution in [0.1, 0.15) is 17.2 Å². The summed E-state index contributed by atoms with van der Waals surface area (Å²) in [7, 11) is 0. The van der Waals surface area contributed by atoms with Gasteiger partial charge in [0.15, 0.2) is 0 Å². The highest BCUT2D eigenvalue weighted by Crippen LogP contribution is 2.29. The molecule has 1 aromatic heterocycles. The second-order valence-corrected chi connectivity index (χ2v) is 5.81. The maximum Gasteiger partial charge on any atom is 0.0954 e. The Morgan fingerprint density at radius 3 is 2.04 bits per heavy atom. The van der Waals surface area contributed by atoms with Crippen molar-refractivity contribution in [3.05, 3.63) is 115 Å². The van der Waals surface area contributed by atoms with Crippen molar-refractivity contribution < 1.29 is 0 Å². The van der Waals surface area contributed by atoms with Crippen LogP contribution in [0.15, 0.2) is 104 Å². The van der Waals surface area contributed by atoms with Crippen molar-refractivity contribution in [1.29, 1.82) is 0 Å². The first-order valence-corrected chi connectivity index (χ1v) is 8.09. The van der Waals surface area contributed by atoms with E-state index in [9.17, 15) is 0 Å². The van der Waals surface area contributed by atoms with Crippen LogP contribution < -0.4 is 0 Å². The summed E-state index contributed by atoms with van der Waals surface area (Å²) in [5, 5.41) is 0. The smallest absolute Gasteiger partial charge is 0.0954 e. The zero-order valence-electron chi connectivity index (χ0n) is 13.3. The van der Waals surface area contributed by atoms with Gasteiger partial charge in [0.25, 0.3) is 0 Å². The molecule has 0 spiro atoms. The minimum absolute atomic E-state index is 0.123. The van der Waals surface area contributed by atoms with E-state index < -0.39 is 0 Å². The van der Waals surface area contributed by atoms with Crippen LogP contribution in [0.25, 0.3) is 11.1 Å². The van der Waals surface area contributed by atoms with Crippen LogP contribution in [-0.4, -0.2) is 9.55 Å². The highest BCUT2D eigenvalue weighted by Gasteiger charge is 2.16. The topological polar surface area (TPSA) is 17.8 Å². The van der Waals surface area contributed by atoms with E-state index >= 15 is 0 Å². The SMILES string of the molecule is c1ccc(-c2cccc([C@H](c3ccccc3)n3ccnc3)c2)cc1. The second kappa shape index (κ2) is 6.55. The van der Waals surface area contributed by atoms with Gasteiger partial charge in [0, 0.05) is 12.4 Å². The molecule has 0 saturated heterocycles. The zero-order chi connectivity index (χ0) is 16.2. The second-order valence-electron chi connectivity index (χ2n) is 5.81. The summed E-state index contributed by atoms with van der Waals surface area (Å²) < 4.78 is 2.15. The number of nitrogens with zero attached hydrogens (tertiary/aromatic N) is 2. The number of benzene rings is 3. The van der Waals surface area contributed by atoms with Crippen molar-refractivity contribution in [3.63, 3.8) is 0 Å². The predicted octanol–water partition coefficient (Wildman–Crippen LogP) is 5.19. The summed E-state index contributed by atoms with van der Waals surface area (Å²) in [5.41, 5.74) is 4.97. The van der Waals surface area contributed by atoms with E-state index in [1.165, 1.54) is 22.3 Å². The molecule has 4 aromatic rings. The Bertz CT molecular complexity index is 897. The summed E-state index contributed by atoms with van der Waals surface area (Å²) in [6.07, 6.45) is 5.73. The molecule has 0 fully saturated rings. The van der Waals surface area contributed by atoms with E-state index in [1.807, 2.05) is 24.8 Å². The molecule has 1 atom stereocenters. The monoisotopic (exact) mass is 310 g/mol. The van der Waals surface area contributed by atoms with Gasteiger partial charge in [-0.25, -0.2) is 4.98 Å². The standard InChI is InChI=1S/C22H18N2/c1-3-8-18(9-4-1)20-12-7-13-21(16-20)22(24-15-14-23-17-24)19-10-5-2-6-11-19/h1-17,22H/t22-/m0/s1. The highest BCUT2D eigenvalue weighted by molar-refractivity contribution is 5.64. The molecule has 0 aliphatic heterocycles. The van der Waals surface area contributed by atoms with Crippen LogP contribution in [0.2, 0.25) is 0 Å². The third-order valence-corrected chi connectivity index (χ3v) is 4.25. The lowest BCUT2D eigenvalue weighted by Gasteiger charge is -2.20. The number of hydrogen-bond donors (Lipinski definition) is 0. The van der Waals surface area contributed by atoms with E-state index in [0.717, 1.165) is 0 Å². The molecule has 0 aliphatic rings. The molecule has 0 amide bonds. The fourth-order valence-corrected chi connectivity index (χ4v) is 3.11. The molecular formula is C22H18N2. The van der Waals surface area contributed by atoms with Gasteiger partial charge in [-0.3, -0.25) is 0 Å². The van der Waals surface area contributed by atoms with Crippen LogP contribution in [-0.2, 0) is 0 Å². The van der Waals surface area contributed by atoms with Gasteiger partial charge in [-0.15, -0.1) is 0 Å². The zero-order valence-corrected chi connectivity index (χ0v) is 13.3. The van der Waals surface area contributed by atoms with Crippen molar-refractivity contribution in [2.75, 3.05) is 0 Å². The average Bonchev–Trinajstić information content (AvgIpc) is 3.18. The average molecular weight is 310 g/mol. The molecule has 0 saturated carbocycles. The van der Waals surface area contributed by atoms with E-state index in [-0.39, 0.29) is 6.04 Å². The van der Waals surface area contributed by atoms with Gasteiger partial charge in [-0.1, -0.05) is 78.9 Å². The molecule has 0 bridgehead atoms. The lowest BCUT2D eigenvalue weighted by atomic mass is 9.95. The Morgan fingerprint density at radius 1 is 0.667 bits per heavy atom. The molecule has 2 heteroatoms. The Balaban J connectivity index is 1.82. The van der Waals surface area contributed by atoms with Crippen molar-refractivity contribution in [3.8, 4) is 11.1 Å².